The van der Waals surface area contributed by atoms with Crippen molar-refractivity contribution in [1.82, 2.24) is 14.9 Å². The monoisotopic (exact) mass is 478 g/mol. The molecule has 0 aliphatic heterocycles. The van der Waals surface area contributed by atoms with Crippen LogP contribution in [0.15, 0.2) is 83.2 Å². The molecule has 0 unspecified atom stereocenters. The van der Waals surface area contributed by atoms with Crippen LogP contribution in [0, 0.1) is 13.8 Å². The Morgan fingerprint density at radius 3 is 2.36 bits per heavy atom. The van der Waals surface area contributed by atoms with Crippen LogP contribution >= 0.6 is 11.3 Å². The van der Waals surface area contributed by atoms with Crippen LogP contribution in [0.4, 0.5) is 5.13 Å². The van der Waals surface area contributed by atoms with Crippen LogP contribution in [0.3, 0.4) is 0 Å². The number of aryl methyl sites for hydroxylation is 2. The Hall–Kier alpha value is -3.40. The number of sulfonamides is 1. The van der Waals surface area contributed by atoms with Crippen molar-refractivity contribution in [2.45, 2.75) is 24.2 Å². The second kappa shape index (κ2) is 9.62. The van der Waals surface area contributed by atoms with Gasteiger partial charge in [-0.3, -0.25) is 10.1 Å². The zero-order valence-corrected chi connectivity index (χ0v) is 19.7. The topological polar surface area (TPSA) is 101 Å². The molecular formula is C24H22N4O3S2. The summed E-state index contributed by atoms with van der Waals surface area (Å²) in [5.41, 5.74) is 3.99. The van der Waals surface area contributed by atoms with Gasteiger partial charge in [-0.1, -0.05) is 83.6 Å². The van der Waals surface area contributed by atoms with Gasteiger partial charge >= 0.3 is 0 Å². The van der Waals surface area contributed by atoms with Crippen LogP contribution in [0.25, 0.3) is 0 Å². The number of hydrogen-bond donors (Lipinski definition) is 2. The van der Waals surface area contributed by atoms with E-state index < -0.39 is 16.1 Å². The molecule has 3 aromatic carbocycles. The molecule has 0 saturated carbocycles. The van der Waals surface area contributed by atoms with Crippen molar-refractivity contribution in [2.75, 3.05) is 5.32 Å². The van der Waals surface area contributed by atoms with Crippen LogP contribution in [0.1, 0.15) is 38.7 Å². The lowest BCUT2D eigenvalue weighted by Gasteiger charge is -2.20. The minimum Gasteiger partial charge on any atom is -0.296 e. The molecule has 0 bridgehead atoms. The van der Waals surface area contributed by atoms with Gasteiger partial charge in [0.25, 0.3) is 15.9 Å². The predicted molar refractivity (Wildman–Crippen MR) is 129 cm³/mol. The van der Waals surface area contributed by atoms with Gasteiger partial charge in [0.15, 0.2) is 0 Å². The van der Waals surface area contributed by atoms with Gasteiger partial charge in [-0.2, -0.15) is 4.72 Å². The van der Waals surface area contributed by atoms with Crippen LogP contribution in [0.5, 0.6) is 0 Å². The number of nitrogens with one attached hydrogen (secondary N) is 2. The van der Waals surface area contributed by atoms with E-state index in [-0.39, 0.29) is 15.4 Å². The van der Waals surface area contributed by atoms with E-state index in [0.29, 0.717) is 5.56 Å². The average Bonchev–Trinajstić information content (AvgIpc) is 3.28. The Balaban J connectivity index is 1.59. The van der Waals surface area contributed by atoms with E-state index in [4.69, 9.17) is 0 Å². The lowest BCUT2D eigenvalue weighted by molar-refractivity contribution is 0.102. The first-order chi connectivity index (χ1) is 15.8. The maximum atomic E-state index is 13.2. The first-order valence-electron chi connectivity index (χ1n) is 10.2. The number of amides is 1. The number of benzene rings is 3. The molecule has 0 radical (unpaired) electrons. The molecule has 7 nitrogen and oxygen atoms in total. The Morgan fingerprint density at radius 2 is 1.64 bits per heavy atom. The first kappa shape index (κ1) is 22.8. The van der Waals surface area contributed by atoms with E-state index in [1.807, 2.05) is 74.5 Å². The van der Waals surface area contributed by atoms with Gasteiger partial charge in [-0.25, -0.2) is 8.42 Å². The molecule has 1 aromatic heterocycles. The summed E-state index contributed by atoms with van der Waals surface area (Å²) in [6, 6.07) is 23.4. The third-order valence-corrected chi connectivity index (χ3v) is 7.67. The molecule has 168 valence electrons. The number of rotatable bonds is 7. The molecule has 0 saturated heterocycles. The number of nitrogens with zero attached hydrogens (tertiary/aromatic N) is 2. The number of carbonyl (C=O) groups excluding carboxylic acids is 1. The maximum absolute atomic E-state index is 13.2. The van der Waals surface area contributed by atoms with Gasteiger partial charge in [0.1, 0.15) is 0 Å². The SMILES string of the molecule is Cc1cccc(C(=O)Nc2nnc(S(=O)(=O)N[C@H](c3ccccc3)c3ccccc3C)s2)c1. The summed E-state index contributed by atoms with van der Waals surface area (Å²) in [4.78, 5) is 12.5. The number of hydrogen-bond acceptors (Lipinski definition) is 6. The Labute approximate surface area is 196 Å². The third kappa shape index (κ3) is 5.33. The summed E-state index contributed by atoms with van der Waals surface area (Å²) in [6.45, 7) is 3.82. The van der Waals surface area contributed by atoms with Gasteiger partial charge in [-0.05, 0) is 42.7 Å². The van der Waals surface area contributed by atoms with E-state index in [2.05, 4.69) is 20.2 Å². The third-order valence-electron chi connectivity index (χ3n) is 5.04. The fourth-order valence-electron chi connectivity index (χ4n) is 3.40. The molecule has 4 rings (SSSR count). The fourth-order valence-corrected chi connectivity index (χ4v) is 5.51. The normalized spacial score (nSPS) is 12.3. The predicted octanol–water partition coefficient (Wildman–Crippen LogP) is 4.48. The van der Waals surface area contributed by atoms with Gasteiger partial charge < -0.3 is 0 Å². The molecule has 0 aliphatic carbocycles. The number of carbonyl (C=O) groups is 1. The van der Waals surface area contributed by atoms with Crippen molar-refractivity contribution in [3.8, 4) is 0 Å². The number of aromatic nitrogens is 2. The van der Waals surface area contributed by atoms with Gasteiger partial charge in [0, 0.05) is 5.56 Å². The molecule has 4 aromatic rings. The lowest BCUT2D eigenvalue weighted by atomic mass is 9.96. The Morgan fingerprint density at radius 1 is 0.909 bits per heavy atom. The lowest BCUT2D eigenvalue weighted by Crippen LogP contribution is -2.30. The van der Waals surface area contributed by atoms with E-state index in [1.54, 1.807) is 18.2 Å². The molecule has 0 fully saturated rings. The molecule has 0 spiro atoms. The maximum Gasteiger partial charge on any atom is 0.270 e. The van der Waals surface area contributed by atoms with Crippen LogP contribution in [-0.2, 0) is 10.0 Å². The zero-order valence-electron chi connectivity index (χ0n) is 18.0. The Kier molecular flexibility index (Phi) is 6.64. The van der Waals surface area contributed by atoms with Crippen molar-refractivity contribution in [2.24, 2.45) is 0 Å². The highest BCUT2D eigenvalue weighted by molar-refractivity contribution is 7.91. The second-order valence-electron chi connectivity index (χ2n) is 7.52. The van der Waals surface area contributed by atoms with Crippen molar-refractivity contribution in [3.05, 3.63) is 107 Å². The van der Waals surface area contributed by atoms with E-state index in [9.17, 15) is 13.2 Å². The summed E-state index contributed by atoms with van der Waals surface area (Å²) in [5.74, 6) is -0.381. The molecular weight excluding hydrogens is 456 g/mol. The zero-order chi connectivity index (χ0) is 23.4. The minimum atomic E-state index is -4.02. The van der Waals surface area contributed by atoms with E-state index in [0.717, 1.165) is 33.6 Å². The van der Waals surface area contributed by atoms with E-state index >= 15 is 0 Å². The standard InChI is InChI=1S/C24H22N4O3S2/c1-16-9-8-13-19(15-16)22(29)25-23-26-27-24(32-23)33(30,31)28-21(18-11-4-3-5-12-18)20-14-7-6-10-17(20)2/h3-15,21,28H,1-2H3,(H,25,26,29)/t21-/m1/s1. The van der Waals surface area contributed by atoms with Crippen molar-refractivity contribution in [3.63, 3.8) is 0 Å². The van der Waals surface area contributed by atoms with Crippen LogP contribution in [0.2, 0.25) is 0 Å². The van der Waals surface area contributed by atoms with Gasteiger partial charge in [0.05, 0.1) is 6.04 Å². The smallest absolute Gasteiger partial charge is 0.270 e. The minimum absolute atomic E-state index is 0.106. The van der Waals surface area contributed by atoms with Crippen molar-refractivity contribution < 1.29 is 13.2 Å². The molecule has 33 heavy (non-hydrogen) atoms. The molecule has 9 heteroatoms. The Bertz CT molecular complexity index is 1390. The van der Waals surface area contributed by atoms with Gasteiger partial charge in [-0.15, -0.1) is 10.2 Å². The van der Waals surface area contributed by atoms with Crippen LogP contribution < -0.4 is 10.0 Å². The highest BCUT2D eigenvalue weighted by Gasteiger charge is 2.27. The molecule has 1 heterocycles. The van der Waals surface area contributed by atoms with Crippen molar-refractivity contribution >= 4 is 32.4 Å². The largest absolute Gasteiger partial charge is 0.296 e. The highest BCUT2D eigenvalue weighted by atomic mass is 32.2. The molecule has 2 N–H and O–H groups in total. The quantitative estimate of drug-likeness (QED) is 0.382. The fraction of sp³-hybridized carbons (Fsp3) is 0.125. The summed E-state index contributed by atoms with van der Waals surface area (Å²) in [6.07, 6.45) is 0. The van der Waals surface area contributed by atoms with Gasteiger partial charge in [0.2, 0.25) is 9.47 Å². The van der Waals surface area contributed by atoms with Crippen molar-refractivity contribution in [1.29, 1.82) is 0 Å². The average molecular weight is 479 g/mol. The summed E-state index contributed by atoms with van der Waals surface area (Å²) in [7, 11) is -4.02. The molecule has 1 atom stereocenters. The summed E-state index contributed by atoms with van der Waals surface area (Å²) in [5, 5.41) is 10.4. The number of anilines is 1. The first-order valence-corrected chi connectivity index (χ1v) is 12.5. The summed E-state index contributed by atoms with van der Waals surface area (Å²) >= 11 is 0.799. The highest BCUT2D eigenvalue weighted by Crippen LogP contribution is 2.28. The van der Waals surface area contributed by atoms with E-state index in [1.165, 1.54) is 0 Å². The van der Waals surface area contributed by atoms with Crippen LogP contribution in [-0.4, -0.2) is 24.5 Å². The molecule has 0 aliphatic rings. The summed E-state index contributed by atoms with van der Waals surface area (Å²) < 4.78 is 28.9. The molecule has 1 amide bonds. The second-order valence-corrected chi connectivity index (χ2v) is 10.4.